The molecule has 0 saturated heterocycles. The van der Waals surface area contributed by atoms with E-state index in [4.69, 9.17) is 9.47 Å². The van der Waals surface area contributed by atoms with Crippen LogP contribution in [0.3, 0.4) is 0 Å². The molecule has 176 valence electrons. The second-order valence-corrected chi connectivity index (χ2v) is 8.63. The summed E-state index contributed by atoms with van der Waals surface area (Å²) in [7, 11) is 0. The molecule has 0 spiro atoms. The van der Waals surface area contributed by atoms with E-state index in [0.29, 0.717) is 5.69 Å². The van der Waals surface area contributed by atoms with E-state index in [1.54, 1.807) is 16.8 Å². The minimum Gasteiger partial charge on any atom is -0.480 e. The lowest BCUT2D eigenvalue weighted by molar-refractivity contribution is -0.172. The Labute approximate surface area is 191 Å². The van der Waals surface area contributed by atoms with E-state index >= 15 is 0 Å². The van der Waals surface area contributed by atoms with Crippen LogP contribution >= 0.6 is 0 Å². The van der Waals surface area contributed by atoms with Crippen molar-refractivity contribution < 1.29 is 29.3 Å². The summed E-state index contributed by atoms with van der Waals surface area (Å²) in [5.74, 6) is -1.21. The third kappa shape index (κ3) is 7.03. The number of aliphatic hydroxyl groups is 1. The van der Waals surface area contributed by atoms with Gasteiger partial charge in [-0.05, 0) is 32.4 Å². The van der Waals surface area contributed by atoms with Gasteiger partial charge < -0.3 is 25.0 Å². The molecule has 1 aromatic heterocycles. The molecule has 3 aromatic rings. The molecular formula is C24H29N3O6. The van der Waals surface area contributed by atoms with E-state index in [2.05, 4.69) is 10.4 Å². The topological polar surface area (TPSA) is 123 Å². The van der Waals surface area contributed by atoms with Gasteiger partial charge in [0.1, 0.15) is 12.6 Å². The van der Waals surface area contributed by atoms with E-state index < -0.39 is 30.0 Å². The number of aliphatic hydroxyl groups excluding tert-OH is 1. The maximum absolute atomic E-state index is 12.2. The summed E-state index contributed by atoms with van der Waals surface area (Å²) in [4.78, 5) is 24.0. The Morgan fingerprint density at radius 3 is 2.42 bits per heavy atom. The SMILES string of the molecule is CC(C)(C)O[C@H](O)Cn1nc(C[C@H](NC(=O)OCc2ccccc2)C(=O)O)c2ccccc21. The third-order valence-electron chi connectivity index (χ3n) is 4.75. The second kappa shape index (κ2) is 10.5. The van der Waals surface area contributed by atoms with Crippen LogP contribution in [0.4, 0.5) is 4.79 Å². The number of para-hydroxylation sites is 1. The predicted molar refractivity (Wildman–Crippen MR) is 121 cm³/mol. The van der Waals surface area contributed by atoms with Crippen LogP contribution in [-0.2, 0) is 33.8 Å². The summed E-state index contributed by atoms with van der Waals surface area (Å²) in [6.45, 7) is 5.61. The van der Waals surface area contributed by atoms with Gasteiger partial charge in [0.25, 0.3) is 0 Å². The molecule has 0 aliphatic rings. The Kier molecular flexibility index (Phi) is 7.67. The molecule has 0 unspecified atom stereocenters. The molecule has 0 aliphatic heterocycles. The van der Waals surface area contributed by atoms with E-state index in [1.165, 1.54) is 0 Å². The summed E-state index contributed by atoms with van der Waals surface area (Å²) in [6, 6.07) is 15.1. The van der Waals surface area contributed by atoms with Gasteiger partial charge in [-0.25, -0.2) is 9.59 Å². The van der Waals surface area contributed by atoms with Gasteiger partial charge in [0.15, 0.2) is 6.29 Å². The molecule has 2 aromatic carbocycles. The Morgan fingerprint density at radius 1 is 1.09 bits per heavy atom. The number of fused-ring (bicyclic) bond motifs is 1. The Bertz CT molecular complexity index is 1090. The standard InChI is InChI=1S/C24H29N3O6/c1-24(2,3)33-21(28)14-27-20-12-8-7-11-17(20)18(26-27)13-19(22(29)30)25-23(31)32-15-16-9-5-4-6-10-16/h4-12,19,21,28H,13-15H2,1-3H3,(H,25,31)(H,29,30)/t19-,21-/m0/s1. The molecule has 3 N–H and O–H groups in total. The van der Waals surface area contributed by atoms with Crippen LogP contribution in [0.15, 0.2) is 54.6 Å². The lowest BCUT2D eigenvalue weighted by Gasteiger charge is -2.24. The summed E-state index contributed by atoms with van der Waals surface area (Å²) in [5.41, 5.74) is 1.45. The average Bonchev–Trinajstić information content (AvgIpc) is 3.08. The maximum Gasteiger partial charge on any atom is 0.408 e. The number of carbonyl (C=O) groups is 2. The smallest absolute Gasteiger partial charge is 0.408 e. The minimum atomic E-state index is -1.24. The number of benzene rings is 2. The first-order chi connectivity index (χ1) is 15.6. The Hall–Kier alpha value is -3.43. The van der Waals surface area contributed by atoms with E-state index in [9.17, 15) is 19.8 Å². The number of carbonyl (C=O) groups excluding carboxylic acids is 1. The molecular weight excluding hydrogens is 426 g/mol. The van der Waals surface area contributed by atoms with Crippen LogP contribution < -0.4 is 5.32 Å². The van der Waals surface area contributed by atoms with Crippen molar-refractivity contribution in [2.24, 2.45) is 0 Å². The maximum atomic E-state index is 12.2. The fourth-order valence-corrected chi connectivity index (χ4v) is 3.38. The number of nitrogens with one attached hydrogen (secondary N) is 1. The molecule has 3 rings (SSSR count). The van der Waals surface area contributed by atoms with Gasteiger partial charge in [-0.15, -0.1) is 0 Å². The monoisotopic (exact) mass is 455 g/mol. The molecule has 2 atom stereocenters. The van der Waals surface area contributed by atoms with Crippen LogP contribution in [0.25, 0.3) is 10.9 Å². The summed E-state index contributed by atoms with van der Waals surface area (Å²) in [6.07, 6.45) is -1.98. The van der Waals surface area contributed by atoms with E-state index in [-0.39, 0.29) is 19.6 Å². The normalized spacial score (nSPS) is 13.5. The highest BCUT2D eigenvalue weighted by Gasteiger charge is 2.25. The number of hydrogen-bond acceptors (Lipinski definition) is 6. The number of carboxylic acid groups (broad SMARTS) is 1. The fraction of sp³-hybridized carbons (Fsp3) is 0.375. The number of carboxylic acids is 1. The second-order valence-electron chi connectivity index (χ2n) is 8.63. The summed E-state index contributed by atoms with van der Waals surface area (Å²) < 4.78 is 12.3. The number of nitrogens with zero attached hydrogens (tertiary/aromatic N) is 2. The first kappa shape index (κ1) is 24.2. The molecule has 0 saturated carbocycles. The van der Waals surface area contributed by atoms with Gasteiger partial charge in [0.05, 0.1) is 23.4 Å². The zero-order chi connectivity index (χ0) is 24.0. The number of rotatable bonds is 9. The quantitative estimate of drug-likeness (QED) is 0.424. The van der Waals surface area contributed by atoms with Gasteiger partial charge in [-0.2, -0.15) is 5.10 Å². The molecule has 9 heteroatoms. The summed E-state index contributed by atoms with van der Waals surface area (Å²) >= 11 is 0. The molecule has 0 fully saturated rings. The highest BCUT2D eigenvalue weighted by Crippen LogP contribution is 2.21. The molecule has 9 nitrogen and oxygen atoms in total. The Balaban J connectivity index is 1.72. The minimum absolute atomic E-state index is 0.0300. The summed E-state index contributed by atoms with van der Waals surface area (Å²) in [5, 5.41) is 27.6. The number of aromatic nitrogens is 2. The van der Waals surface area contributed by atoms with Gasteiger partial charge >= 0.3 is 12.1 Å². The van der Waals surface area contributed by atoms with Gasteiger partial charge in [0, 0.05) is 11.8 Å². The number of ether oxygens (including phenoxy) is 2. The average molecular weight is 456 g/mol. The molecule has 33 heavy (non-hydrogen) atoms. The van der Waals surface area contributed by atoms with Crippen molar-refractivity contribution in [3.8, 4) is 0 Å². The molecule has 0 bridgehead atoms. The number of alkyl carbamates (subject to hydrolysis) is 1. The zero-order valence-corrected chi connectivity index (χ0v) is 18.9. The van der Waals surface area contributed by atoms with Crippen molar-refractivity contribution in [3.05, 3.63) is 65.9 Å². The third-order valence-corrected chi connectivity index (χ3v) is 4.75. The van der Waals surface area contributed by atoms with Crippen molar-refractivity contribution in [2.45, 2.75) is 58.3 Å². The number of aliphatic carboxylic acids is 1. The first-order valence-corrected chi connectivity index (χ1v) is 10.6. The number of amides is 1. The van der Waals surface area contributed by atoms with Gasteiger partial charge in [-0.1, -0.05) is 48.5 Å². The van der Waals surface area contributed by atoms with Crippen molar-refractivity contribution in [1.29, 1.82) is 0 Å². The zero-order valence-electron chi connectivity index (χ0n) is 18.9. The van der Waals surface area contributed by atoms with Gasteiger partial charge in [-0.3, -0.25) is 4.68 Å². The molecule has 0 radical (unpaired) electrons. The van der Waals surface area contributed by atoms with Crippen molar-refractivity contribution >= 4 is 23.0 Å². The molecule has 0 aliphatic carbocycles. The van der Waals surface area contributed by atoms with Crippen LogP contribution in [0.1, 0.15) is 32.0 Å². The largest absolute Gasteiger partial charge is 0.480 e. The number of hydrogen-bond donors (Lipinski definition) is 3. The van der Waals surface area contributed by atoms with E-state index in [0.717, 1.165) is 16.5 Å². The van der Waals surface area contributed by atoms with Crippen molar-refractivity contribution in [1.82, 2.24) is 15.1 Å². The lowest BCUT2D eigenvalue weighted by atomic mass is 10.1. The van der Waals surface area contributed by atoms with Gasteiger partial charge in [0.2, 0.25) is 0 Å². The molecule has 1 amide bonds. The molecule has 1 heterocycles. The van der Waals surface area contributed by atoms with Crippen LogP contribution in [-0.4, -0.2) is 50.0 Å². The highest BCUT2D eigenvalue weighted by atomic mass is 16.6. The van der Waals surface area contributed by atoms with Crippen molar-refractivity contribution in [3.63, 3.8) is 0 Å². The predicted octanol–water partition coefficient (Wildman–Crippen LogP) is 3.09. The van der Waals surface area contributed by atoms with Crippen molar-refractivity contribution in [2.75, 3.05) is 0 Å². The van der Waals surface area contributed by atoms with Crippen LogP contribution in [0, 0.1) is 0 Å². The highest BCUT2D eigenvalue weighted by molar-refractivity contribution is 5.84. The van der Waals surface area contributed by atoms with Crippen LogP contribution in [0.5, 0.6) is 0 Å². The van der Waals surface area contributed by atoms with Crippen LogP contribution in [0.2, 0.25) is 0 Å². The Morgan fingerprint density at radius 2 is 1.76 bits per heavy atom. The van der Waals surface area contributed by atoms with E-state index in [1.807, 2.05) is 63.2 Å². The lowest BCUT2D eigenvalue weighted by Crippen LogP contribution is -2.42. The first-order valence-electron chi connectivity index (χ1n) is 10.6. The fourth-order valence-electron chi connectivity index (χ4n) is 3.38.